The standard InChI is InChI=1S/C42H28/c1-3-10-29(11-4-1)31-18-22-33(23-19-31)36-16-9-17-38-39(36)26-27-40-41(38)28-35-14-7-8-15-37(35)42(40)34-24-20-32(21-25-34)30-12-5-2-6-13-30/h1-28H/i1D,2D,3D,4D,5D,6D,10D,11D,12D,13D,18D,19D,20D,21D,22D,23D,24D,25D. The van der Waals surface area contributed by atoms with E-state index in [1.807, 2.05) is 6.07 Å². The molecule has 0 spiro atoms. The average molecular weight is 551 g/mol. The van der Waals surface area contributed by atoms with Crippen LogP contribution in [0.3, 0.4) is 0 Å². The second-order valence-corrected chi connectivity index (χ2v) is 9.53. The number of rotatable bonds is 4. The summed E-state index contributed by atoms with van der Waals surface area (Å²) in [6.07, 6.45) is 0. The maximum absolute atomic E-state index is 9.26. The van der Waals surface area contributed by atoms with Crippen molar-refractivity contribution >= 4 is 32.3 Å². The summed E-state index contributed by atoms with van der Waals surface area (Å²) in [6, 6.07) is 6.21. The lowest BCUT2D eigenvalue weighted by Gasteiger charge is -2.16. The molecule has 8 aromatic carbocycles. The van der Waals surface area contributed by atoms with Crippen LogP contribution in [0, 0.1) is 0 Å². The molecule has 0 aromatic heterocycles. The molecule has 8 aromatic rings. The van der Waals surface area contributed by atoms with E-state index >= 15 is 0 Å². The highest BCUT2D eigenvalue weighted by molar-refractivity contribution is 6.21. The van der Waals surface area contributed by atoms with E-state index in [1.54, 1.807) is 54.6 Å². The van der Waals surface area contributed by atoms with Gasteiger partial charge in [-0.1, -0.05) is 163 Å². The molecule has 0 atom stereocenters. The summed E-state index contributed by atoms with van der Waals surface area (Å²) in [6.45, 7) is 0. The minimum Gasteiger partial charge on any atom is -0.0622 e. The molecule has 0 heteroatoms. The van der Waals surface area contributed by atoms with Crippen molar-refractivity contribution in [2.45, 2.75) is 0 Å². The molecular weight excluding hydrogens is 504 g/mol. The van der Waals surface area contributed by atoms with Crippen molar-refractivity contribution in [1.82, 2.24) is 0 Å². The lowest BCUT2D eigenvalue weighted by atomic mass is 9.87. The van der Waals surface area contributed by atoms with Gasteiger partial charge in [0.25, 0.3) is 0 Å². The maximum atomic E-state index is 9.26. The molecule has 0 fully saturated rings. The fourth-order valence-corrected chi connectivity index (χ4v) is 5.28. The van der Waals surface area contributed by atoms with E-state index in [-0.39, 0.29) is 11.1 Å². The second-order valence-electron chi connectivity index (χ2n) is 9.53. The van der Waals surface area contributed by atoms with Crippen LogP contribution in [0.1, 0.15) is 24.7 Å². The molecule has 0 aliphatic rings. The third kappa shape index (κ3) is 4.17. The fraction of sp³-hybridized carbons (Fsp3) is 0. The van der Waals surface area contributed by atoms with Crippen molar-refractivity contribution in [3.05, 3.63) is 169 Å². The first-order chi connectivity index (χ1) is 28.3. The highest BCUT2D eigenvalue weighted by Crippen LogP contribution is 2.41. The van der Waals surface area contributed by atoms with E-state index in [0.29, 0.717) is 43.4 Å². The van der Waals surface area contributed by atoms with Gasteiger partial charge in [-0.25, -0.2) is 0 Å². The molecule has 0 bridgehead atoms. The Morgan fingerprint density at radius 1 is 0.333 bits per heavy atom. The zero-order valence-electron chi connectivity index (χ0n) is 39.8. The van der Waals surface area contributed by atoms with E-state index in [9.17, 15) is 2.74 Å². The van der Waals surface area contributed by atoms with Crippen LogP contribution in [0.15, 0.2) is 169 Å². The molecule has 8 rings (SSSR count). The smallest absolute Gasteiger partial charge is 0.0622 e. The Kier molecular flexibility index (Phi) is 2.95. The molecular formula is C42H28. The predicted molar refractivity (Wildman–Crippen MR) is 181 cm³/mol. The number of benzene rings is 8. The maximum Gasteiger partial charge on any atom is 0.0629 e. The van der Waals surface area contributed by atoms with E-state index in [2.05, 4.69) is 0 Å². The average Bonchev–Trinajstić information content (AvgIpc) is 3.24. The van der Waals surface area contributed by atoms with Crippen molar-refractivity contribution in [1.29, 1.82) is 0 Å². The molecule has 0 amide bonds. The second kappa shape index (κ2) is 10.2. The van der Waals surface area contributed by atoms with Gasteiger partial charge in [0.1, 0.15) is 0 Å². The summed E-state index contributed by atoms with van der Waals surface area (Å²) >= 11 is 0. The van der Waals surface area contributed by atoms with Crippen LogP contribution in [0.4, 0.5) is 0 Å². The van der Waals surface area contributed by atoms with Crippen LogP contribution in [0.5, 0.6) is 0 Å². The van der Waals surface area contributed by atoms with Gasteiger partial charge < -0.3 is 0 Å². The van der Waals surface area contributed by atoms with Gasteiger partial charge in [0, 0.05) is 0 Å². The lowest BCUT2D eigenvalue weighted by Crippen LogP contribution is -1.89. The molecule has 0 N–H and O–H groups in total. The van der Waals surface area contributed by atoms with Crippen molar-refractivity contribution in [3.8, 4) is 44.5 Å². The topological polar surface area (TPSA) is 0 Å². The monoisotopic (exact) mass is 550 g/mol. The molecule has 0 radical (unpaired) electrons. The van der Waals surface area contributed by atoms with Crippen molar-refractivity contribution in [2.75, 3.05) is 0 Å². The van der Waals surface area contributed by atoms with Gasteiger partial charge in [0.15, 0.2) is 0 Å². The Labute approximate surface area is 271 Å². The molecule has 0 heterocycles. The van der Waals surface area contributed by atoms with Gasteiger partial charge >= 0.3 is 0 Å². The Bertz CT molecular complexity index is 3130. The van der Waals surface area contributed by atoms with Crippen LogP contribution < -0.4 is 0 Å². The molecule has 0 unspecified atom stereocenters. The molecule has 42 heavy (non-hydrogen) atoms. The molecule has 0 saturated heterocycles. The minimum atomic E-state index is -0.684. The number of hydrogen-bond donors (Lipinski definition) is 0. The molecule has 0 aliphatic heterocycles. The van der Waals surface area contributed by atoms with Gasteiger partial charge in [-0.05, 0) is 82.9 Å². The quantitative estimate of drug-likeness (QED) is 0.151. The van der Waals surface area contributed by atoms with Gasteiger partial charge in [-0.2, -0.15) is 0 Å². The zero-order chi connectivity index (χ0) is 43.5. The normalized spacial score (nSPS) is 17.3. The zero-order valence-corrected chi connectivity index (χ0v) is 21.8. The summed E-state index contributed by atoms with van der Waals surface area (Å²) in [5.41, 5.74) is -1.37. The number of hydrogen-bond acceptors (Lipinski definition) is 0. The Morgan fingerprint density at radius 3 is 1.52 bits per heavy atom. The van der Waals surface area contributed by atoms with Crippen LogP contribution in [0.25, 0.3) is 76.8 Å². The first kappa shape index (κ1) is 12.2. The summed E-state index contributed by atoms with van der Waals surface area (Å²) < 4.78 is 155. The fourth-order valence-electron chi connectivity index (χ4n) is 5.28. The van der Waals surface area contributed by atoms with E-state index in [0.717, 1.165) is 0 Å². The van der Waals surface area contributed by atoms with Crippen LogP contribution in [-0.2, 0) is 0 Å². The Hall–Kier alpha value is -5.46. The Balaban J connectivity index is 1.41. The third-order valence-electron chi connectivity index (χ3n) is 7.17. The van der Waals surface area contributed by atoms with Crippen molar-refractivity contribution < 1.29 is 24.7 Å². The van der Waals surface area contributed by atoms with E-state index in [4.69, 9.17) is 21.9 Å². The van der Waals surface area contributed by atoms with Gasteiger partial charge in [0.05, 0.1) is 24.7 Å². The van der Waals surface area contributed by atoms with E-state index < -0.39 is 131 Å². The summed E-state index contributed by atoms with van der Waals surface area (Å²) in [5, 5.41) is 3.33. The molecule has 0 nitrogen and oxygen atoms in total. The minimum absolute atomic E-state index is 0.0961. The lowest BCUT2D eigenvalue weighted by molar-refractivity contribution is 1.60. The SMILES string of the molecule is [2H]c1c([2H])c([2H])c(-c2c([2H])c([2H])c(-c3cccc4c3ccc3c(-c5c([2H])c([2H])c(-c6c([2H])c([2H])c([2H])c([2H])c6[2H])c([2H])c5[2H])c5ccccc5cc34)c([2H])c2[2H])c([2H])c1[2H]. The van der Waals surface area contributed by atoms with Crippen LogP contribution in [-0.4, -0.2) is 0 Å². The van der Waals surface area contributed by atoms with Crippen molar-refractivity contribution in [3.63, 3.8) is 0 Å². The highest BCUT2D eigenvalue weighted by Gasteiger charge is 2.14. The largest absolute Gasteiger partial charge is 0.0629 e. The van der Waals surface area contributed by atoms with Crippen LogP contribution >= 0.6 is 0 Å². The molecule has 196 valence electrons. The van der Waals surface area contributed by atoms with Crippen molar-refractivity contribution in [2.24, 2.45) is 0 Å². The van der Waals surface area contributed by atoms with Gasteiger partial charge in [0.2, 0.25) is 0 Å². The first-order valence-electron chi connectivity index (χ1n) is 22.1. The third-order valence-corrected chi connectivity index (χ3v) is 7.17. The highest BCUT2D eigenvalue weighted by atomic mass is 14.2. The number of fused-ring (bicyclic) bond motifs is 4. The summed E-state index contributed by atoms with van der Waals surface area (Å²) in [7, 11) is 0. The Morgan fingerprint density at radius 2 is 0.857 bits per heavy atom. The molecule has 0 saturated carbocycles. The summed E-state index contributed by atoms with van der Waals surface area (Å²) in [5.74, 6) is 0. The van der Waals surface area contributed by atoms with Gasteiger partial charge in [-0.3, -0.25) is 0 Å². The first-order valence-corrected chi connectivity index (χ1v) is 13.1. The summed E-state index contributed by atoms with van der Waals surface area (Å²) in [4.78, 5) is 0. The van der Waals surface area contributed by atoms with Crippen LogP contribution in [0.2, 0.25) is 0 Å². The van der Waals surface area contributed by atoms with E-state index in [1.165, 1.54) is 0 Å². The predicted octanol–water partition coefficient (Wildman–Crippen LogP) is 11.8. The van der Waals surface area contributed by atoms with Gasteiger partial charge in [-0.15, -0.1) is 0 Å². The molecule has 0 aliphatic carbocycles.